The summed E-state index contributed by atoms with van der Waals surface area (Å²) in [4.78, 5) is 40.6. The quantitative estimate of drug-likeness (QED) is 0.0243. The summed E-state index contributed by atoms with van der Waals surface area (Å²) in [6.45, 7) is 19.2. The van der Waals surface area contributed by atoms with Gasteiger partial charge in [0.25, 0.3) is 0 Å². The molecule has 0 radical (unpaired) electrons. The summed E-state index contributed by atoms with van der Waals surface area (Å²) in [5.74, 6) is 4.80. The number of fused-ring (bicyclic) bond motifs is 8. The fourth-order valence-corrected chi connectivity index (χ4v) is 14.2. The van der Waals surface area contributed by atoms with Gasteiger partial charge in [-0.05, 0) is 100 Å². The van der Waals surface area contributed by atoms with Gasteiger partial charge in [0.15, 0.2) is 22.9 Å². The second-order valence-electron chi connectivity index (χ2n) is 25.3. The van der Waals surface area contributed by atoms with Gasteiger partial charge in [0.1, 0.15) is 36.3 Å². The molecule has 4 aliphatic rings. The van der Waals surface area contributed by atoms with E-state index in [0.29, 0.717) is 44.0 Å². The Morgan fingerprint density at radius 2 is 1.19 bits per heavy atom. The summed E-state index contributed by atoms with van der Waals surface area (Å²) in [5, 5.41) is 14.6. The Morgan fingerprint density at radius 1 is 0.617 bits per heavy atom. The molecular formula is C61H79N15O3Si2. The standard InChI is InChI=1S/C38H57N7O3Si2.C23H22N8/c1-8-46-16-13-32-35(31-22-28-9-10-29(21-28)23-31)43-37-33(30-11-12-34(41-24-30)36-39-14-15-40-36)25-42-45(37)38(32)44(26-47-17-19-49(2,3)4)27-48-18-20-50(5,6)7;1-4-19(21-24-7-8-25-21)27-11-13(1)18-12-28-31-22-17(5-6-26-22)20(30-23(18)31)14-9-15-2-3-16(10-14)29-15/h11-16,24-25,28-29,31H,8-10,17-23,26-27H2,1-7H3,(H,39,40);1,4-8,11-12,14-16,26,29H,2-3,9-10H2,(H,24,25)/b16-13-;/t28-,29+,31?;14?,15-,16+. The van der Waals surface area contributed by atoms with Crippen molar-refractivity contribution in [2.75, 3.05) is 38.2 Å². The fraction of sp³-hybridized carbons (Fsp3) is 0.475. The maximum absolute atomic E-state index is 6.48. The molecule has 2 aliphatic carbocycles. The molecule has 81 heavy (non-hydrogen) atoms. The molecule has 4 bridgehead atoms. The van der Waals surface area contributed by atoms with Crippen molar-refractivity contribution in [3.05, 3.63) is 109 Å². The number of aromatic amines is 3. The number of hydrogen-bond acceptors (Lipinski definition) is 13. The Morgan fingerprint density at radius 3 is 1.73 bits per heavy atom. The van der Waals surface area contributed by atoms with Crippen molar-refractivity contribution in [3.63, 3.8) is 0 Å². The van der Waals surface area contributed by atoms with E-state index in [1.165, 1.54) is 43.2 Å². The molecular weight excluding hydrogens is 1050 g/mol. The Bertz CT molecular complexity index is 3520. The molecule has 4 N–H and O–H groups in total. The topological polar surface area (TPSA) is 202 Å². The molecule has 2 aliphatic heterocycles. The van der Waals surface area contributed by atoms with Crippen molar-refractivity contribution in [2.45, 2.75) is 140 Å². The van der Waals surface area contributed by atoms with Crippen molar-refractivity contribution in [2.24, 2.45) is 11.8 Å². The van der Waals surface area contributed by atoms with Crippen LogP contribution in [-0.4, -0.2) is 126 Å². The van der Waals surface area contributed by atoms with Gasteiger partial charge in [0.05, 0.1) is 36.7 Å². The van der Waals surface area contributed by atoms with Crippen LogP contribution >= 0.6 is 0 Å². The van der Waals surface area contributed by atoms with Gasteiger partial charge in [-0.2, -0.15) is 19.2 Å². The van der Waals surface area contributed by atoms with E-state index in [2.05, 4.69) is 109 Å². The van der Waals surface area contributed by atoms with Gasteiger partial charge >= 0.3 is 0 Å². The minimum absolute atomic E-state index is 0.357. The van der Waals surface area contributed by atoms with Crippen LogP contribution in [0.4, 0.5) is 5.82 Å². The first-order valence-corrected chi connectivity index (χ1v) is 36.9. The summed E-state index contributed by atoms with van der Waals surface area (Å²) in [6, 6.07) is 13.7. The Kier molecular flexibility index (Phi) is 15.9. The van der Waals surface area contributed by atoms with Crippen molar-refractivity contribution >= 4 is 50.4 Å². The zero-order chi connectivity index (χ0) is 55.7. The van der Waals surface area contributed by atoms with E-state index < -0.39 is 16.1 Å². The summed E-state index contributed by atoms with van der Waals surface area (Å²) in [6.07, 6.45) is 31.8. The molecule has 6 atom stereocenters. The zero-order valence-electron chi connectivity index (χ0n) is 48.2. The third-order valence-electron chi connectivity index (χ3n) is 16.9. The lowest BCUT2D eigenvalue weighted by atomic mass is 9.78. The second-order valence-corrected chi connectivity index (χ2v) is 36.6. The van der Waals surface area contributed by atoms with Crippen LogP contribution in [-0.2, 0) is 14.2 Å². The number of H-pyrrole nitrogens is 3. The molecule has 9 aromatic rings. The van der Waals surface area contributed by atoms with Gasteiger partial charge in [-0.15, -0.1) is 0 Å². The number of rotatable bonds is 20. The number of aromatic nitrogens is 13. The molecule has 13 rings (SSSR count). The van der Waals surface area contributed by atoms with E-state index in [9.17, 15) is 0 Å². The first-order chi connectivity index (χ1) is 39.3. The van der Waals surface area contributed by atoms with Crippen LogP contribution < -0.4 is 10.2 Å². The van der Waals surface area contributed by atoms with Crippen LogP contribution in [0.5, 0.6) is 0 Å². The largest absolute Gasteiger partial charge is 0.501 e. The van der Waals surface area contributed by atoms with Gasteiger partial charge < -0.3 is 39.4 Å². The number of ether oxygens (including phenoxy) is 3. The number of hydrogen-bond donors (Lipinski definition) is 4. The molecule has 9 aromatic heterocycles. The number of piperidine rings is 1. The van der Waals surface area contributed by atoms with Gasteiger partial charge in [-0.3, -0.25) is 9.97 Å². The predicted molar refractivity (Wildman–Crippen MR) is 325 cm³/mol. The number of imidazole rings is 2. The molecule has 0 aromatic carbocycles. The number of nitrogens with one attached hydrogen (secondary N) is 4. The molecule has 18 nitrogen and oxygen atoms in total. The van der Waals surface area contributed by atoms with Crippen LogP contribution in [0.1, 0.15) is 93.5 Å². The number of anilines is 1. The second kappa shape index (κ2) is 23.6. The van der Waals surface area contributed by atoms with Gasteiger partial charge in [0, 0.05) is 130 Å². The van der Waals surface area contributed by atoms with Crippen LogP contribution in [0.3, 0.4) is 0 Å². The van der Waals surface area contributed by atoms with Crippen molar-refractivity contribution < 1.29 is 14.2 Å². The normalized spacial score (nSPS) is 20.9. The van der Waals surface area contributed by atoms with E-state index in [1.54, 1.807) is 18.6 Å². The molecule has 4 fully saturated rings. The molecule has 2 saturated carbocycles. The fourth-order valence-electron chi connectivity index (χ4n) is 12.7. The minimum Gasteiger partial charge on any atom is -0.501 e. The summed E-state index contributed by atoms with van der Waals surface area (Å²) in [5.41, 5.74) is 11.6. The molecule has 2 unspecified atom stereocenters. The maximum atomic E-state index is 6.48. The van der Waals surface area contributed by atoms with Crippen LogP contribution in [0, 0.1) is 11.8 Å². The highest BCUT2D eigenvalue weighted by atomic mass is 28.3. The van der Waals surface area contributed by atoms with Crippen LogP contribution in [0.25, 0.3) is 73.7 Å². The Balaban J connectivity index is 0.000000178. The molecule has 2 saturated heterocycles. The highest BCUT2D eigenvalue weighted by Crippen LogP contribution is 2.50. The number of pyridine rings is 2. The lowest BCUT2D eigenvalue weighted by molar-refractivity contribution is 0.0942. The summed E-state index contributed by atoms with van der Waals surface area (Å²) in [7, 11) is -2.54. The van der Waals surface area contributed by atoms with E-state index in [1.807, 2.05) is 71.5 Å². The monoisotopic (exact) mass is 1130 g/mol. The molecule has 424 valence electrons. The van der Waals surface area contributed by atoms with E-state index in [-0.39, 0.29) is 0 Å². The zero-order valence-corrected chi connectivity index (χ0v) is 50.2. The lowest BCUT2D eigenvalue weighted by Gasteiger charge is -2.32. The molecule has 11 heterocycles. The van der Waals surface area contributed by atoms with Crippen LogP contribution in [0.15, 0.2) is 92.4 Å². The molecule has 0 spiro atoms. The maximum Gasteiger partial charge on any atom is 0.165 e. The minimum atomic E-state index is -1.27. The molecule has 0 amide bonds. The van der Waals surface area contributed by atoms with E-state index in [0.717, 1.165) is 142 Å². The third kappa shape index (κ3) is 12.2. The first-order valence-electron chi connectivity index (χ1n) is 29.5. The van der Waals surface area contributed by atoms with Crippen molar-refractivity contribution in [1.29, 1.82) is 0 Å². The number of nitrogens with zero attached hydrogens (tertiary/aromatic N) is 11. The highest BCUT2D eigenvalue weighted by Gasteiger charge is 2.39. The average Bonchev–Trinajstić information content (AvgIpc) is 4.53. The van der Waals surface area contributed by atoms with E-state index >= 15 is 0 Å². The average molecular weight is 1130 g/mol. The Labute approximate surface area is 476 Å². The third-order valence-corrected chi connectivity index (χ3v) is 20.3. The van der Waals surface area contributed by atoms with Crippen molar-refractivity contribution in [3.8, 4) is 45.3 Å². The first kappa shape index (κ1) is 54.7. The predicted octanol–water partition coefficient (Wildman–Crippen LogP) is 12.6. The van der Waals surface area contributed by atoms with E-state index in [4.69, 9.17) is 34.3 Å². The Hall–Kier alpha value is -6.85. The summed E-state index contributed by atoms with van der Waals surface area (Å²) < 4.78 is 22.7. The van der Waals surface area contributed by atoms with Crippen molar-refractivity contribution in [1.82, 2.24) is 69.4 Å². The highest BCUT2D eigenvalue weighted by molar-refractivity contribution is 6.76. The SMILES string of the molecule is CCO/C=C\c1c(C2C[C@H]3CC[C@@H](C2)C3)nc2c(-c3ccc(-c4ncc[nH]4)nc3)cnn2c1N(COCC[Si](C)(C)C)COCC[Si](C)(C)C.c1c[nH]c(-c2ccc(-c3cnn4c3nc(C3C[C@H]5CC[C@@H](C3)N5)c3cc[nH]c34)cn2)n1. The van der Waals surface area contributed by atoms with Gasteiger partial charge in [0.2, 0.25) is 0 Å². The van der Waals surface area contributed by atoms with Crippen LogP contribution in [0.2, 0.25) is 51.4 Å². The summed E-state index contributed by atoms with van der Waals surface area (Å²) >= 11 is 0. The molecule has 20 heteroatoms. The van der Waals surface area contributed by atoms with Gasteiger partial charge in [-0.25, -0.2) is 19.9 Å². The lowest BCUT2D eigenvalue weighted by Crippen LogP contribution is -2.37. The smallest absolute Gasteiger partial charge is 0.165 e. The van der Waals surface area contributed by atoms with Gasteiger partial charge in [-0.1, -0.05) is 64.3 Å².